The Labute approximate surface area is 231 Å². The molecule has 0 fully saturated rings. The molecule has 7 nitrogen and oxygen atoms in total. The Bertz CT molecular complexity index is 1060. The van der Waals surface area contributed by atoms with Crippen molar-refractivity contribution in [3.8, 4) is 11.5 Å². The molecule has 2 amide bonds. The van der Waals surface area contributed by atoms with Gasteiger partial charge in [-0.2, -0.15) is 0 Å². The fraction of sp³-hybridized carbons (Fsp3) is 0.400. The van der Waals surface area contributed by atoms with Gasteiger partial charge >= 0.3 is 6.09 Å². The molecule has 0 unspecified atom stereocenters. The standard InChI is InChI=1S/C26H30N2O5S.2C2H6/c1-19(2)33-26(30)27-13-14-28(25(29)24-10-7-15-34-24)17-21-11-12-22(23(16-21)31-3)32-18-20-8-5-4-6-9-20;2*1-2/h4-12,15-16,19H,13-14,17-18H2,1-3H3,(H,27,30);2*1-2H3. The molecule has 0 atom stereocenters. The number of ether oxygens (including phenoxy) is 3. The zero-order valence-electron chi connectivity index (χ0n) is 23.7. The van der Waals surface area contributed by atoms with Crippen LogP contribution in [0.4, 0.5) is 4.79 Å². The molecule has 1 N–H and O–H groups in total. The third-order valence-electron chi connectivity index (χ3n) is 4.85. The van der Waals surface area contributed by atoms with Crippen molar-refractivity contribution in [3.63, 3.8) is 0 Å². The zero-order valence-corrected chi connectivity index (χ0v) is 24.5. The number of benzene rings is 2. The van der Waals surface area contributed by atoms with E-state index >= 15 is 0 Å². The number of carbonyl (C=O) groups excluding carboxylic acids is 2. The normalized spacial score (nSPS) is 9.79. The lowest BCUT2D eigenvalue weighted by atomic mass is 10.1. The molecule has 3 aromatic rings. The lowest BCUT2D eigenvalue weighted by molar-refractivity contribution is 0.0741. The summed E-state index contributed by atoms with van der Waals surface area (Å²) in [7, 11) is 1.59. The summed E-state index contributed by atoms with van der Waals surface area (Å²) in [5.74, 6) is 1.12. The average molecular weight is 543 g/mol. The van der Waals surface area contributed by atoms with Crippen molar-refractivity contribution < 1.29 is 23.8 Å². The van der Waals surface area contributed by atoms with Crippen molar-refractivity contribution in [1.82, 2.24) is 10.2 Å². The number of amides is 2. The van der Waals surface area contributed by atoms with Crippen LogP contribution in [-0.2, 0) is 17.9 Å². The van der Waals surface area contributed by atoms with Gasteiger partial charge in [0, 0.05) is 19.6 Å². The van der Waals surface area contributed by atoms with E-state index in [4.69, 9.17) is 14.2 Å². The smallest absolute Gasteiger partial charge is 0.407 e. The number of nitrogens with one attached hydrogen (secondary N) is 1. The Morgan fingerprint density at radius 1 is 0.921 bits per heavy atom. The molecule has 0 bridgehead atoms. The summed E-state index contributed by atoms with van der Waals surface area (Å²) in [6.45, 7) is 13.0. The van der Waals surface area contributed by atoms with Gasteiger partial charge in [-0.25, -0.2) is 4.79 Å². The maximum absolute atomic E-state index is 13.1. The van der Waals surface area contributed by atoms with Crippen molar-refractivity contribution in [2.75, 3.05) is 20.2 Å². The predicted molar refractivity (Wildman–Crippen MR) is 155 cm³/mol. The van der Waals surface area contributed by atoms with Gasteiger partial charge in [-0.15, -0.1) is 11.3 Å². The summed E-state index contributed by atoms with van der Waals surface area (Å²) in [5, 5.41) is 4.56. The molecule has 0 aliphatic rings. The first-order chi connectivity index (χ1) is 18.5. The molecule has 0 spiro atoms. The van der Waals surface area contributed by atoms with Crippen molar-refractivity contribution >= 4 is 23.3 Å². The van der Waals surface area contributed by atoms with Gasteiger partial charge in [-0.1, -0.05) is 70.2 Å². The van der Waals surface area contributed by atoms with Crippen LogP contribution < -0.4 is 14.8 Å². The highest BCUT2D eigenvalue weighted by Gasteiger charge is 2.18. The number of methoxy groups -OCH3 is 1. The van der Waals surface area contributed by atoms with E-state index in [9.17, 15) is 9.59 Å². The van der Waals surface area contributed by atoms with E-state index in [0.29, 0.717) is 36.1 Å². The van der Waals surface area contributed by atoms with Crippen molar-refractivity contribution in [1.29, 1.82) is 0 Å². The molecule has 2 aromatic carbocycles. The van der Waals surface area contributed by atoms with Gasteiger partial charge in [-0.3, -0.25) is 4.79 Å². The van der Waals surface area contributed by atoms with Gasteiger partial charge in [0.05, 0.1) is 18.1 Å². The molecule has 0 aliphatic heterocycles. The van der Waals surface area contributed by atoms with E-state index in [0.717, 1.165) is 11.1 Å². The van der Waals surface area contributed by atoms with E-state index < -0.39 is 6.09 Å². The molecule has 1 aromatic heterocycles. The molecule has 1 heterocycles. The lowest BCUT2D eigenvalue weighted by Gasteiger charge is -2.23. The van der Waals surface area contributed by atoms with Crippen LogP contribution in [0.1, 0.15) is 62.3 Å². The van der Waals surface area contributed by atoms with Crippen LogP contribution in [0.25, 0.3) is 0 Å². The highest BCUT2D eigenvalue weighted by molar-refractivity contribution is 7.12. The van der Waals surface area contributed by atoms with E-state index in [1.807, 2.05) is 87.7 Å². The summed E-state index contributed by atoms with van der Waals surface area (Å²) in [5.41, 5.74) is 1.95. The van der Waals surface area contributed by atoms with Crippen molar-refractivity contribution in [2.45, 2.75) is 60.8 Å². The van der Waals surface area contributed by atoms with Crippen LogP contribution in [0.15, 0.2) is 66.0 Å². The van der Waals surface area contributed by atoms with Crippen molar-refractivity contribution in [2.24, 2.45) is 0 Å². The molecule has 208 valence electrons. The minimum Gasteiger partial charge on any atom is -0.493 e. The Balaban J connectivity index is 0.00000172. The highest BCUT2D eigenvalue weighted by atomic mass is 32.1. The second-order valence-corrected chi connectivity index (χ2v) is 8.79. The van der Waals surface area contributed by atoms with E-state index in [1.165, 1.54) is 11.3 Å². The fourth-order valence-corrected chi connectivity index (χ4v) is 3.93. The first-order valence-electron chi connectivity index (χ1n) is 13.1. The Kier molecular flexibility index (Phi) is 16.0. The van der Waals surface area contributed by atoms with Crippen LogP contribution in [0.5, 0.6) is 11.5 Å². The SMILES string of the molecule is CC.CC.COc1cc(CN(CCNC(=O)OC(C)C)C(=O)c2cccs2)ccc1OCc1ccccc1. The van der Waals surface area contributed by atoms with Crippen LogP contribution in [0.3, 0.4) is 0 Å². The molecule has 3 rings (SSSR count). The number of nitrogens with zero attached hydrogens (tertiary/aromatic N) is 1. The van der Waals surface area contributed by atoms with Gasteiger partial charge in [-0.05, 0) is 48.6 Å². The summed E-state index contributed by atoms with van der Waals surface area (Å²) in [6, 6.07) is 19.2. The molecule has 0 saturated carbocycles. The van der Waals surface area contributed by atoms with Crippen LogP contribution >= 0.6 is 11.3 Å². The summed E-state index contributed by atoms with van der Waals surface area (Å²) >= 11 is 1.38. The molecule has 0 aliphatic carbocycles. The molecule has 0 radical (unpaired) electrons. The zero-order chi connectivity index (χ0) is 28.3. The van der Waals surface area contributed by atoms with Gasteiger partial charge in [0.15, 0.2) is 11.5 Å². The number of hydrogen-bond acceptors (Lipinski definition) is 6. The van der Waals surface area contributed by atoms with E-state index in [1.54, 1.807) is 31.9 Å². The minimum atomic E-state index is -0.500. The summed E-state index contributed by atoms with van der Waals surface area (Å²) in [4.78, 5) is 27.2. The quantitative estimate of drug-likeness (QED) is 0.278. The van der Waals surface area contributed by atoms with Crippen molar-refractivity contribution in [3.05, 3.63) is 82.0 Å². The Morgan fingerprint density at radius 3 is 2.24 bits per heavy atom. The molecular formula is C30H42N2O5S. The Hall–Kier alpha value is -3.52. The maximum atomic E-state index is 13.1. The number of hydrogen-bond donors (Lipinski definition) is 1. The van der Waals surface area contributed by atoms with Gasteiger partial charge in [0.2, 0.25) is 0 Å². The van der Waals surface area contributed by atoms with Gasteiger partial charge in [0.1, 0.15) is 6.61 Å². The van der Waals surface area contributed by atoms with E-state index in [2.05, 4.69) is 5.32 Å². The highest BCUT2D eigenvalue weighted by Crippen LogP contribution is 2.29. The molecular weight excluding hydrogens is 500 g/mol. The Morgan fingerprint density at radius 2 is 1.63 bits per heavy atom. The topological polar surface area (TPSA) is 77.1 Å². The number of rotatable bonds is 11. The lowest BCUT2D eigenvalue weighted by Crippen LogP contribution is -2.38. The van der Waals surface area contributed by atoms with E-state index in [-0.39, 0.29) is 18.6 Å². The summed E-state index contributed by atoms with van der Waals surface area (Å²) < 4.78 is 16.6. The number of thiophene rings is 1. The summed E-state index contributed by atoms with van der Waals surface area (Å²) in [6.07, 6.45) is -0.709. The largest absolute Gasteiger partial charge is 0.493 e. The number of carbonyl (C=O) groups is 2. The first-order valence-corrected chi connectivity index (χ1v) is 13.9. The second kappa shape index (κ2) is 18.7. The van der Waals surface area contributed by atoms with Crippen LogP contribution in [-0.4, -0.2) is 43.2 Å². The maximum Gasteiger partial charge on any atom is 0.407 e. The second-order valence-electron chi connectivity index (χ2n) is 7.84. The molecule has 8 heteroatoms. The predicted octanol–water partition coefficient (Wildman–Crippen LogP) is 7.17. The third-order valence-corrected chi connectivity index (χ3v) is 5.71. The van der Waals surface area contributed by atoms with Crippen LogP contribution in [0, 0.1) is 0 Å². The molecule has 38 heavy (non-hydrogen) atoms. The number of alkyl carbamates (subject to hydrolysis) is 1. The van der Waals surface area contributed by atoms with Crippen LogP contribution in [0.2, 0.25) is 0 Å². The minimum absolute atomic E-state index is 0.0996. The average Bonchev–Trinajstić information content (AvgIpc) is 3.49. The fourth-order valence-electron chi connectivity index (χ4n) is 3.24. The van der Waals surface area contributed by atoms with Gasteiger partial charge < -0.3 is 24.4 Å². The molecule has 0 saturated heterocycles. The third kappa shape index (κ3) is 11.3. The monoisotopic (exact) mass is 542 g/mol. The first kappa shape index (κ1) is 32.5. The van der Waals surface area contributed by atoms with Gasteiger partial charge in [0.25, 0.3) is 5.91 Å².